The second-order valence-electron chi connectivity index (χ2n) is 7.90. The topological polar surface area (TPSA) is 107 Å². The first-order valence-electron chi connectivity index (χ1n) is 11.0. The number of carbonyl (C=O) groups excluding carboxylic acids is 2. The Morgan fingerprint density at radius 1 is 1.09 bits per heavy atom. The lowest BCUT2D eigenvalue weighted by molar-refractivity contribution is -0.132. The molecule has 1 saturated heterocycles. The summed E-state index contributed by atoms with van der Waals surface area (Å²) in [5.74, 6) is 0.324. The molecule has 1 fully saturated rings. The van der Waals surface area contributed by atoms with Gasteiger partial charge >= 0.3 is 0 Å². The van der Waals surface area contributed by atoms with E-state index in [9.17, 15) is 9.59 Å². The number of hydrogen-bond donors (Lipinski definition) is 1. The molecule has 3 aromatic rings. The zero-order chi connectivity index (χ0) is 23.2. The molecule has 9 heteroatoms. The zero-order valence-electron chi connectivity index (χ0n) is 18.5. The molecule has 0 radical (unpaired) electrons. The molecule has 2 aromatic heterocycles. The Morgan fingerprint density at radius 3 is 2.55 bits per heavy atom. The SMILES string of the molecule is C=Cc1cnc(N2CCN(C(=O)CCOCCn3ccc4ccc(C(N)=O)cc43)CC2)nc1. The van der Waals surface area contributed by atoms with E-state index in [2.05, 4.69) is 21.4 Å². The van der Waals surface area contributed by atoms with Gasteiger partial charge in [0.1, 0.15) is 0 Å². The van der Waals surface area contributed by atoms with Gasteiger partial charge in [-0.05, 0) is 23.6 Å². The zero-order valence-corrected chi connectivity index (χ0v) is 18.5. The van der Waals surface area contributed by atoms with Crippen molar-refractivity contribution >= 4 is 34.7 Å². The van der Waals surface area contributed by atoms with Gasteiger partial charge in [0.25, 0.3) is 0 Å². The van der Waals surface area contributed by atoms with E-state index in [0.717, 1.165) is 16.5 Å². The summed E-state index contributed by atoms with van der Waals surface area (Å²) in [5, 5.41) is 1.04. The maximum Gasteiger partial charge on any atom is 0.248 e. The Kier molecular flexibility index (Phi) is 6.99. The first-order chi connectivity index (χ1) is 16.0. The van der Waals surface area contributed by atoms with Gasteiger partial charge in [-0.25, -0.2) is 9.97 Å². The Hall–Kier alpha value is -3.72. The lowest BCUT2D eigenvalue weighted by Crippen LogP contribution is -2.49. The molecule has 0 bridgehead atoms. The van der Waals surface area contributed by atoms with Crippen LogP contribution in [0.15, 0.2) is 49.4 Å². The molecule has 2 amide bonds. The molecule has 172 valence electrons. The third kappa shape index (κ3) is 5.38. The number of piperazine rings is 1. The van der Waals surface area contributed by atoms with Gasteiger partial charge in [-0.3, -0.25) is 9.59 Å². The predicted octanol–water partition coefficient (Wildman–Crippen LogP) is 1.93. The van der Waals surface area contributed by atoms with E-state index in [-0.39, 0.29) is 5.91 Å². The molecule has 0 atom stereocenters. The highest BCUT2D eigenvalue weighted by Gasteiger charge is 2.22. The predicted molar refractivity (Wildman–Crippen MR) is 127 cm³/mol. The standard InChI is InChI=1S/C24H28N6O3/c1-2-18-16-26-24(27-17-18)30-10-8-29(9-11-30)22(31)6-13-33-14-12-28-7-5-19-3-4-20(23(25)32)15-21(19)28/h2-5,7,15-17H,1,6,8-14H2,(H2,25,32). The number of rotatable bonds is 9. The summed E-state index contributed by atoms with van der Waals surface area (Å²) in [5.41, 5.74) is 7.68. The molecule has 2 N–H and O–H groups in total. The number of fused-ring (bicyclic) bond motifs is 1. The summed E-state index contributed by atoms with van der Waals surface area (Å²) in [6, 6.07) is 7.39. The maximum absolute atomic E-state index is 12.5. The van der Waals surface area contributed by atoms with Crippen molar-refractivity contribution in [3.8, 4) is 0 Å². The summed E-state index contributed by atoms with van der Waals surface area (Å²) < 4.78 is 7.73. The van der Waals surface area contributed by atoms with Crippen LogP contribution in [0, 0.1) is 0 Å². The van der Waals surface area contributed by atoms with Crippen LogP contribution in [0.25, 0.3) is 17.0 Å². The largest absolute Gasteiger partial charge is 0.379 e. The number of nitrogens with two attached hydrogens (primary N) is 1. The third-order valence-corrected chi connectivity index (χ3v) is 5.80. The maximum atomic E-state index is 12.5. The quantitative estimate of drug-likeness (QED) is 0.502. The number of aromatic nitrogens is 3. The van der Waals surface area contributed by atoms with Crippen LogP contribution in [0.2, 0.25) is 0 Å². The molecule has 3 heterocycles. The van der Waals surface area contributed by atoms with Crippen LogP contribution in [-0.2, 0) is 16.1 Å². The van der Waals surface area contributed by atoms with E-state index in [0.29, 0.717) is 63.9 Å². The van der Waals surface area contributed by atoms with E-state index in [1.54, 1.807) is 30.6 Å². The Labute approximate surface area is 192 Å². The summed E-state index contributed by atoms with van der Waals surface area (Å²) in [4.78, 5) is 36.6. The van der Waals surface area contributed by atoms with Crippen LogP contribution < -0.4 is 10.6 Å². The Bertz CT molecular complexity index is 1130. The van der Waals surface area contributed by atoms with E-state index >= 15 is 0 Å². The Balaban J connectivity index is 1.18. The Morgan fingerprint density at radius 2 is 1.85 bits per heavy atom. The molecule has 0 spiro atoms. The van der Waals surface area contributed by atoms with E-state index in [1.807, 2.05) is 27.8 Å². The van der Waals surface area contributed by atoms with Gasteiger partial charge in [-0.15, -0.1) is 0 Å². The molecule has 4 rings (SSSR count). The molecule has 1 aliphatic rings. The van der Waals surface area contributed by atoms with Crippen molar-refractivity contribution in [2.24, 2.45) is 5.73 Å². The molecular formula is C24H28N6O3. The molecular weight excluding hydrogens is 420 g/mol. The van der Waals surface area contributed by atoms with Gasteiger partial charge in [0.05, 0.1) is 19.6 Å². The van der Waals surface area contributed by atoms with Gasteiger partial charge in [0.2, 0.25) is 17.8 Å². The second kappa shape index (κ2) is 10.3. The molecule has 0 unspecified atom stereocenters. The smallest absolute Gasteiger partial charge is 0.248 e. The van der Waals surface area contributed by atoms with Crippen molar-refractivity contribution in [1.82, 2.24) is 19.4 Å². The minimum Gasteiger partial charge on any atom is -0.379 e. The van der Waals surface area contributed by atoms with E-state index < -0.39 is 5.91 Å². The van der Waals surface area contributed by atoms with E-state index in [4.69, 9.17) is 10.5 Å². The number of anilines is 1. The first-order valence-corrected chi connectivity index (χ1v) is 11.0. The highest BCUT2D eigenvalue weighted by atomic mass is 16.5. The molecule has 9 nitrogen and oxygen atoms in total. The van der Waals surface area contributed by atoms with Crippen molar-refractivity contribution in [3.05, 3.63) is 60.6 Å². The number of nitrogens with zero attached hydrogens (tertiary/aromatic N) is 5. The van der Waals surface area contributed by atoms with Crippen LogP contribution in [0.3, 0.4) is 0 Å². The van der Waals surface area contributed by atoms with Crippen LogP contribution in [0.4, 0.5) is 5.95 Å². The lowest BCUT2D eigenvalue weighted by atomic mass is 10.1. The fraction of sp³-hybridized carbons (Fsp3) is 0.333. The fourth-order valence-corrected chi connectivity index (χ4v) is 3.87. The van der Waals surface area contributed by atoms with Crippen LogP contribution in [0.1, 0.15) is 22.3 Å². The second-order valence-corrected chi connectivity index (χ2v) is 7.90. The third-order valence-electron chi connectivity index (χ3n) is 5.80. The summed E-state index contributed by atoms with van der Waals surface area (Å²) in [7, 11) is 0. The normalized spacial score (nSPS) is 13.9. The van der Waals surface area contributed by atoms with Crippen molar-refractivity contribution in [2.75, 3.05) is 44.3 Å². The van der Waals surface area contributed by atoms with Crippen molar-refractivity contribution in [1.29, 1.82) is 0 Å². The van der Waals surface area contributed by atoms with Crippen LogP contribution >= 0.6 is 0 Å². The molecule has 33 heavy (non-hydrogen) atoms. The number of carbonyl (C=O) groups is 2. The monoisotopic (exact) mass is 448 g/mol. The average Bonchev–Trinajstić information content (AvgIpc) is 3.26. The van der Waals surface area contributed by atoms with Gasteiger partial charge < -0.3 is 24.8 Å². The number of ether oxygens (including phenoxy) is 1. The molecule has 1 aromatic carbocycles. The van der Waals surface area contributed by atoms with Gasteiger partial charge in [-0.2, -0.15) is 0 Å². The average molecular weight is 449 g/mol. The molecule has 0 aliphatic carbocycles. The number of benzene rings is 1. The summed E-state index contributed by atoms with van der Waals surface area (Å²) in [6.07, 6.45) is 7.51. The lowest BCUT2D eigenvalue weighted by Gasteiger charge is -2.34. The van der Waals surface area contributed by atoms with Crippen LogP contribution in [-0.4, -0.2) is 70.6 Å². The fourth-order valence-electron chi connectivity index (χ4n) is 3.87. The number of amides is 2. The first kappa shape index (κ1) is 22.5. The minimum absolute atomic E-state index is 0.0927. The number of hydrogen-bond acceptors (Lipinski definition) is 6. The van der Waals surface area contributed by atoms with Crippen molar-refractivity contribution < 1.29 is 14.3 Å². The van der Waals surface area contributed by atoms with Crippen molar-refractivity contribution in [2.45, 2.75) is 13.0 Å². The van der Waals surface area contributed by atoms with Gasteiger partial charge in [0.15, 0.2) is 0 Å². The van der Waals surface area contributed by atoms with Crippen molar-refractivity contribution in [3.63, 3.8) is 0 Å². The summed E-state index contributed by atoms with van der Waals surface area (Å²) >= 11 is 0. The summed E-state index contributed by atoms with van der Waals surface area (Å²) in [6.45, 7) is 7.87. The molecule has 0 saturated carbocycles. The highest BCUT2D eigenvalue weighted by Crippen LogP contribution is 2.18. The molecule has 1 aliphatic heterocycles. The highest BCUT2D eigenvalue weighted by molar-refractivity contribution is 5.97. The number of primary amides is 1. The van der Waals surface area contributed by atoms with Gasteiger partial charge in [0, 0.05) is 68.0 Å². The van der Waals surface area contributed by atoms with E-state index in [1.165, 1.54) is 0 Å². The minimum atomic E-state index is -0.446. The van der Waals surface area contributed by atoms with Gasteiger partial charge in [-0.1, -0.05) is 18.7 Å². The van der Waals surface area contributed by atoms with Crippen LogP contribution in [0.5, 0.6) is 0 Å².